The highest BCUT2D eigenvalue weighted by Crippen LogP contribution is 2.39. The Morgan fingerprint density at radius 1 is 1.22 bits per heavy atom. The average Bonchev–Trinajstić information content (AvgIpc) is 3.06. The molecule has 2 heterocycles. The number of hydrogen-bond donors (Lipinski definition) is 3. The van der Waals surface area contributed by atoms with Crippen molar-refractivity contribution in [1.82, 2.24) is 10.2 Å². The summed E-state index contributed by atoms with van der Waals surface area (Å²) < 4.78 is 53.3. The molecule has 3 amide bonds. The molecule has 0 spiro atoms. The van der Waals surface area contributed by atoms with Crippen LogP contribution in [-0.4, -0.2) is 47.3 Å². The van der Waals surface area contributed by atoms with Crippen molar-refractivity contribution in [2.45, 2.75) is 24.7 Å². The van der Waals surface area contributed by atoms with E-state index in [1.54, 1.807) is 0 Å². The highest BCUT2D eigenvalue weighted by atomic mass is 35.5. The van der Waals surface area contributed by atoms with E-state index in [4.69, 9.17) is 11.6 Å². The number of nitrogens with zero attached hydrogens (tertiary/aromatic N) is 1. The smallest absolute Gasteiger partial charge is 0.391 e. The fourth-order valence-electron chi connectivity index (χ4n) is 4.10. The van der Waals surface area contributed by atoms with Crippen LogP contribution < -0.4 is 10.6 Å². The van der Waals surface area contributed by atoms with Crippen LogP contribution in [0.4, 0.5) is 28.0 Å². The number of urea groups is 1. The van der Waals surface area contributed by atoms with Gasteiger partial charge in [0.2, 0.25) is 0 Å². The molecule has 0 radical (unpaired) electrons. The summed E-state index contributed by atoms with van der Waals surface area (Å²) in [7, 11) is 0. The summed E-state index contributed by atoms with van der Waals surface area (Å²) >= 11 is 6.20. The van der Waals surface area contributed by atoms with Crippen molar-refractivity contribution >= 4 is 29.2 Å². The minimum absolute atomic E-state index is 0.166. The molecule has 11 heteroatoms. The van der Waals surface area contributed by atoms with Gasteiger partial charge in [0.25, 0.3) is 5.91 Å². The molecule has 0 aliphatic carbocycles. The number of hydrogen-bond acceptors (Lipinski definition) is 3. The molecular weight excluding hydrogens is 454 g/mol. The second-order valence-electron chi connectivity index (χ2n) is 7.80. The molecule has 0 aromatic heterocycles. The predicted octanol–water partition coefficient (Wildman–Crippen LogP) is 4.09. The molecule has 3 atom stereocenters. The Balaban J connectivity index is 1.64. The van der Waals surface area contributed by atoms with E-state index in [2.05, 4.69) is 10.6 Å². The number of halogens is 5. The maximum atomic E-state index is 13.8. The molecule has 4 rings (SSSR count). The third kappa shape index (κ3) is 4.24. The van der Waals surface area contributed by atoms with Crippen molar-refractivity contribution in [3.8, 4) is 0 Å². The fraction of sp³-hybridized carbons (Fsp3) is 0.333. The van der Waals surface area contributed by atoms with Gasteiger partial charge in [-0.05, 0) is 36.8 Å². The molecule has 2 aromatic carbocycles. The van der Waals surface area contributed by atoms with Gasteiger partial charge in [-0.25, -0.2) is 9.18 Å². The number of benzene rings is 2. The fourth-order valence-corrected chi connectivity index (χ4v) is 4.33. The summed E-state index contributed by atoms with van der Waals surface area (Å²) in [6.45, 7) is -0.860. The van der Waals surface area contributed by atoms with Crippen molar-refractivity contribution in [2.24, 2.45) is 5.92 Å². The number of rotatable bonds is 2. The van der Waals surface area contributed by atoms with Crippen LogP contribution >= 0.6 is 11.6 Å². The quantitative estimate of drug-likeness (QED) is 0.577. The number of piperidine rings is 1. The summed E-state index contributed by atoms with van der Waals surface area (Å²) in [5.41, 5.74) is 0.981. The number of anilines is 1. The zero-order chi connectivity index (χ0) is 23.2. The predicted molar refractivity (Wildman–Crippen MR) is 108 cm³/mol. The number of carbonyl (C=O) groups is 2. The lowest BCUT2D eigenvalue weighted by molar-refractivity contribution is -0.192. The lowest BCUT2D eigenvalue weighted by atomic mass is 9.95. The number of fused-ring (bicyclic) bond motifs is 1. The molecular formula is C21H18ClF4N3O3. The van der Waals surface area contributed by atoms with Crippen molar-refractivity contribution in [3.63, 3.8) is 0 Å². The van der Waals surface area contributed by atoms with Gasteiger partial charge in [0.15, 0.2) is 0 Å². The lowest BCUT2D eigenvalue weighted by Gasteiger charge is -2.36. The number of carbonyl (C=O) groups excluding carboxylic acids is 2. The molecule has 1 saturated heterocycles. The normalized spacial score (nSPS) is 23.0. The molecule has 0 saturated carbocycles. The summed E-state index contributed by atoms with van der Waals surface area (Å²) in [4.78, 5) is 26.1. The van der Waals surface area contributed by atoms with Crippen molar-refractivity contribution in [3.05, 3.63) is 63.9 Å². The second-order valence-corrected chi connectivity index (χ2v) is 8.21. The molecule has 2 aromatic rings. The first-order valence-corrected chi connectivity index (χ1v) is 10.1. The van der Waals surface area contributed by atoms with E-state index in [9.17, 15) is 32.3 Å². The SMILES string of the molecule is O=C1N[C@@H](c2cc(F)ccc2Cl)c2c(NC(=O)N3C[C@H](O)C[C@@H](C(F)(F)F)C3)cccc21. The number of amides is 3. The molecule has 2 aliphatic heterocycles. The minimum atomic E-state index is -4.55. The number of likely N-dealkylation sites (tertiary alicyclic amines) is 1. The zero-order valence-corrected chi connectivity index (χ0v) is 17.2. The average molecular weight is 472 g/mol. The second kappa shape index (κ2) is 8.25. The largest absolute Gasteiger partial charge is 0.393 e. The van der Waals surface area contributed by atoms with Crippen molar-refractivity contribution in [2.75, 3.05) is 18.4 Å². The number of β-amino-alcohol motifs (C(OH)–C–C–N with tert-alkyl or cyclic N) is 1. The topological polar surface area (TPSA) is 81.7 Å². The first-order valence-electron chi connectivity index (χ1n) is 9.74. The zero-order valence-electron chi connectivity index (χ0n) is 16.4. The number of alkyl halides is 3. The Kier molecular flexibility index (Phi) is 5.76. The Morgan fingerprint density at radius 2 is 1.97 bits per heavy atom. The van der Waals surface area contributed by atoms with Crippen LogP contribution in [0.2, 0.25) is 5.02 Å². The van der Waals surface area contributed by atoms with Gasteiger partial charge < -0.3 is 20.6 Å². The Bertz CT molecular complexity index is 1080. The Labute approximate surface area is 185 Å². The summed E-state index contributed by atoms with van der Waals surface area (Å²) in [6.07, 6.45) is -6.35. The summed E-state index contributed by atoms with van der Waals surface area (Å²) in [5.74, 6) is -2.89. The van der Waals surface area contributed by atoms with E-state index in [1.165, 1.54) is 24.3 Å². The lowest BCUT2D eigenvalue weighted by Crippen LogP contribution is -2.51. The third-order valence-electron chi connectivity index (χ3n) is 5.60. The third-order valence-corrected chi connectivity index (χ3v) is 5.95. The van der Waals surface area contributed by atoms with Crippen molar-refractivity contribution in [1.29, 1.82) is 0 Å². The monoisotopic (exact) mass is 471 g/mol. The van der Waals surface area contributed by atoms with E-state index in [-0.39, 0.29) is 28.4 Å². The van der Waals surface area contributed by atoms with Crippen LogP contribution in [0.15, 0.2) is 36.4 Å². The highest BCUT2D eigenvalue weighted by Gasteiger charge is 2.45. The number of aliphatic hydroxyl groups excluding tert-OH is 1. The van der Waals surface area contributed by atoms with Crippen LogP contribution in [0.25, 0.3) is 0 Å². The van der Waals surface area contributed by atoms with Gasteiger partial charge in [-0.15, -0.1) is 0 Å². The molecule has 2 aliphatic rings. The molecule has 1 fully saturated rings. The molecule has 170 valence electrons. The van der Waals surface area contributed by atoms with Gasteiger partial charge in [0.1, 0.15) is 5.82 Å². The van der Waals surface area contributed by atoms with Crippen LogP contribution in [0.5, 0.6) is 0 Å². The van der Waals surface area contributed by atoms with E-state index >= 15 is 0 Å². The first kappa shape index (κ1) is 22.3. The molecule has 6 nitrogen and oxygen atoms in total. The van der Waals surface area contributed by atoms with Crippen molar-refractivity contribution < 1.29 is 32.3 Å². The molecule has 0 bridgehead atoms. The molecule has 3 N–H and O–H groups in total. The van der Waals surface area contributed by atoms with Gasteiger partial charge in [-0.1, -0.05) is 17.7 Å². The van der Waals surface area contributed by atoms with Crippen LogP contribution in [-0.2, 0) is 0 Å². The van der Waals surface area contributed by atoms with Crippen LogP contribution in [0.3, 0.4) is 0 Å². The maximum Gasteiger partial charge on any atom is 0.393 e. The minimum Gasteiger partial charge on any atom is -0.391 e. The first-order chi connectivity index (χ1) is 15.0. The summed E-state index contributed by atoms with van der Waals surface area (Å²) in [6, 6.07) is 6.45. The van der Waals surface area contributed by atoms with E-state index < -0.39 is 55.0 Å². The molecule has 0 unspecified atom stereocenters. The number of aliphatic hydroxyl groups is 1. The molecule has 32 heavy (non-hydrogen) atoms. The van der Waals surface area contributed by atoms with E-state index in [0.717, 1.165) is 17.0 Å². The summed E-state index contributed by atoms with van der Waals surface area (Å²) in [5, 5.41) is 15.3. The van der Waals surface area contributed by atoms with E-state index in [0.29, 0.717) is 5.56 Å². The van der Waals surface area contributed by atoms with Crippen LogP contribution in [0, 0.1) is 11.7 Å². The standard InChI is InChI=1S/C21H18ClF4N3O3/c22-15-5-4-11(23)7-14(15)18-17-13(19(31)28-18)2-1-3-16(17)27-20(32)29-8-10(21(24,25)26)6-12(30)9-29/h1-5,7,10,12,18,30H,6,8-9H2,(H,27,32)(H,28,31)/t10-,12-,18+/m1/s1. The van der Waals surface area contributed by atoms with Gasteiger partial charge in [0, 0.05) is 40.5 Å². The Hall–Kier alpha value is -2.85. The van der Waals surface area contributed by atoms with Gasteiger partial charge >= 0.3 is 12.2 Å². The van der Waals surface area contributed by atoms with Crippen LogP contribution in [0.1, 0.15) is 33.9 Å². The maximum absolute atomic E-state index is 13.8. The van der Waals surface area contributed by atoms with Gasteiger partial charge in [0.05, 0.1) is 18.1 Å². The van der Waals surface area contributed by atoms with Gasteiger partial charge in [-0.2, -0.15) is 13.2 Å². The van der Waals surface area contributed by atoms with Gasteiger partial charge in [-0.3, -0.25) is 4.79 Å². The van der Waals surface area contributed by atoms with E-state index in [1.807, 2.05) is 0 Å². The Morgan fingerprint density at radius 3 is 2.69 bits per heavy atom. The number of nitrogens with one attached hydrogen (secondary N) is 2. The highest BCUT2D eigenvalue weighted by molar-refractivity contribution is 6.31.